The van der Waals surface area contributed by atoms with E-state index in [4.69, 9.17) is 23.2 Å². The van der Waals surface area contributed by atoms with Gasteiger partial charge in [0.25, 0.3) is 5.91 Å². The fourth-order valence-corrected chi connectivity index (χ4v) is 4.10. The molecule has 0 bridgehead atoms. The Morgan fingerprint density at radius 2 is 1.71 bits per heavy atom. The molecule has 160 valence electrons. The van der Waals surface area contributed by atoms with E-state index in [1.807, 2.05) is 6.07 Å². The SMILES string of the molecule is CS(=O)(=O)N(Cc1ccc(C(=O)NN=Cc2ccc(Cl)cc2Cl)cc1)c1ccccc1. The molecule has 6 nitrogen and oxygen atoms in total. The number of nitrogens with one attached hydrogen (secondary N) is 1. The van der Waals surface area contributed by atoms with Gasteiger partial charge in [-0.25, -0.2) is 13.8 Å². The number of carbonyl (C=O) groups excluding carboxylic acids is 1. The Morgan fingerprint density at radius 1 is 1.03 bits per heavy atom. The van der Waals surface area contributed by atoms with E-state index < -0.39 is 15.9 Å². The minimum absolute atomic E-state index is 0.151. The van der Waals surface area contributed by atoms with Crippen molar-refractivity contribution in [3.8, 4) is 0 Å². The van der Waals surface area contributed by atoms with E-state index in [0.717, 1.165) is 11.8 Å². The van der Waals surface area contributed by atoms with Crippen LogP contribution in [0.1, 0.15) is 21.5 Å². The van der Waals surface area contributed by atoms with Crippen molar-refractivity contribution in [1.82, 2.24) is 5.43 Å². The maximum Gasteiger partial charge on any atom is 0.271 e. The van der Waals surface area contributed by atoms with Crippen molar-refractivity contribution in [2.45, 2.75) is 6.54 Å². The molecule has 0 aliphatic rings. The van der Waals surface area contributed by atoms with Crippen LogP contribution in [0.5, 0.6) is 0 Å². The molecule has 0 radical (unpaired) electrons. The van der Waals surface area contributed by atoms with Gasteiger partial charge in [0.15, 0.2) is 0 Å². The molecule has 31 heavy (non-hydrogen) atoms. The van der Waals surface area contributed by atoms with Crippen molar-refractivity contribution in [2.75, 3.05) is 10.6 Å². The van der Waals surface area contributed by atoms with Gasteiger partial charge in [-0.2, -0.15) is 5.10 Å². The van der Waals surface area contributed by atoms with Gasteiger partial charge in [-0.1, -0.05) is 59.6 Å². The summed E-state index contributed by atoms with van der Waals surface area (Å²) in [6.07, 6.45) is 2.58. The Bertz CT molecular complexity index is 1200. The minimum atomic E-state index is -3.47. The van der Waals surface area contributed by atoms with Gasteiger partial charge in [-0.15, -0.1) is 0 Å². The number of benzene rings is 3. The van der Waals surface area contributed by atoms with Crippen LogP contribution in [-0.4, -0.2) is 26.8 Å². The Labute approximate surface area is 191 Å². The molecule has 9 heteroatoms. The fraction of sp³-hybridized carbons (Fsp3) is 0.0909. The number of hydrazone groups is 1. The van der Waals surface area contributed by atoms with Crippen molar-refractivity contribution >= 4 is 51.0 Å². The quantitative estimate of drug-likeness (QED) is 0.396. The molecule has 0 heterocycles. The lowest BCUT2D eigenvalue weighted by molar-refractivity contribution is 0.0955. The molecule has 0 fully saturated rings. The largest absolute Gasteiger partial charge is 0.271 e. The molecule has 3 rings (SSSR count). The molecule has 1 N–H and O–H groups in total. The number of halogens is 2. The third-order valence-electron chi connectivity index (χ3n) is 4.32. The molecule has 3 aromatic rings. The zero-order valence-electron chi connectivity index (χ0n) is 16.5. The Morgan fingerprint density at radius 3 is 2.32 bits per heavy atom. The second-order valence-corrected chi connectivity index (χ2v) is 9.42. The summed E-state index contributed by atoms with van der Waals surface area (Å²) in [5.74, 6) is -0.407. The van der Waals surface area contributed by atoms with Crippen LogP contribution in [0.4, 0.5) is 5.69 Å². The van der Waals surface area contributed by atoms with E-state index in [-0.39, 0.29) is 6.54 Å². The first-order chi connectivity index (χ1) is 14.7. The van der Waals surface area contributed by atoms with Crippen LogP contribution in [0.25, 0.3) is 0 Å². The Kier molecular flexibility index (Phi) is 7.33. The number of anilines is 1. The van der Waals surface area contributed by atoms with Gasteiger partial charge in [0.1, 0.15) is 0 Å². The van der Waals surface area contributed by atoms with E-state index in [1.165, 1.54) is 10.5 Å². The minimum Gasteiger partial charge on any atom is -0.267 e. The molecule has 0 aliphatic carbocycles. The average Bonchev–Trinajstić information content (AvgIpc) is 2.73. The standard InChI is InChI=1S/C22H19Cl2N3O3S/c1-31(29,30)27(20-5-3-2-4-6-20)15-16-7-9-17(10-8-16)22(28)26-25-14-18-11-12-19(23)13-21(18)24/h2-14H,15H2,1H3,(H,26,28). The summed E-state index contributed by atoms with van der Waals surface area (Å²) in [5, 5.41) is 4.84. The third-order valence-corrected chi connectivity index (χ3v) is 6.02. The molecular weight excluding hydrogens is 457 g/mol. The number of rotatable bonds is 7. The van der Waals surface area contributed by atoms with Crippen LogP contribution in [0.2, 0.25) is 10.0 Å². The van der Waals surface area contributed by atoms with Crippen LogP contribution in [0.3, 0.4) is 0 Å². The van der Waals surface area contributed by atoms with E-state index in [1.54, 1.807) is 66.7 Å². The number of sulfonamides is 1. The van der Waals surface area contributed by atoms with Gasteiger partial charge >= 0.3 is 0 Å². The number of hydrogen-bond acceptors (Lipinski definition) is 4. The van der Waals surface area contributed by atoms with Crippen molar-refractivity contribution in [2.24, 2.45) is 5.10 Å². The van der Waals surface area contributed by atoms with Gasteiger partial charge in [-0.3, -0.25) is 9.10 Å². The molecular formula is C22H19Cl2N3O3S. The molecule has 3 aromatic carbocycles. The predicted molar refractivity (Wildman–Crippen MR) is 125 cm³/mol. The van der Waals surface area contributed by atoms with E-state index in [0.29, 0.717) is 26.9 Å². The number of hydrogen-bond donors (Lipinski definition) is 1. The fourth-order valence-electron chi connectivity index (χ4n) is 2.75. The molecule has 0 atom stereocenters. The van der Waals surface area contributed by atoms with E-state index >= 15 is 0 Å². The van der Waals surface area contributed by atoms with E-state index in [2.05, 4.69) is 10.5 Å². The molecule has 1 amide bonds. The van der Waals surface area contributed by atoms with Gasteiger partial charge in [0, 0.05) is 16.1 Å². The van der Waals surface area contributed by atoms with Crippen LogP contribution in [0, 0.1) is 0 Å². The zero-order valence-corrected chi connectivity index (χ0v) is 18.8. The van der Waals surface area contributed by atoms with Gasteiger partial charge in [-0.05, 0) is 42.0 Å². The average molecular weight is 476 g/mol. The number of nitrogens with zero attached hydrogens (tertiary/aromatic N) is 2. The highest BCUT2D eigenvalue weighted by molar-refractivity contribution is 7.92. The molecule has 0 aromatic heterocycles. The molecule has 0 unspecified atom stereocenters. The van der Waals surface area contributed by atoms with Gasteiger partial charge in [0.2, 0.25) is 10.0 Å². The van der Waals surface area contributed by atoms with E-state index in [9.17, 15) is 13.2 Å². The summed E-state index contributed by atoms with van der Waals surface area (Å²) in [7, 11) is -3.47. The summed E-state index contributed by atoms with van der Waals surface area (Å²) in [6.45, 7) is 0.151. The first-order valence-electron chi connectivity index (χ1n) is 9.14. The molecule has 0 aliphatic heterocycles. The normalized spacial score (nSPS) is 11.5. The lowest BCUT2D eigenvalue weighted by Gasteiger charge is -2.22. The Balaban J connectivity index is 1.67. The van der Waals surface area contributed by atoms with Crippen molar-refractivity contribution in [3.63, 3.8) is 0 Å². The topological polar surface area (TPSA) is 78.8 Å². The predicted octanol–water partition coefficient (Wildman–Crippen LogP) is 4.72. The van der Waals surface area contributed by atoms with Crippen molar-refractivity contribution in [1.29, 1.82) is 0 Å². The van der Waals surface area contributed by atoms with Gasteiger partial charge < -0.3 is 0 Å². The second-order valence-electron chi connectivity index (χ2n) is 6.67. The monoisotopic (exact) mass is 475 g/mol. The van der Waals surface area contributed by atoms with Crippen LogP contribution >= 0.6 is 23.2 Å². The third kappa shape index (κ3) is 6.30. The first kappa shape index (κ1) is 22.8. The molecule has 0 saturated heterocycles. The maximum absolute atomic E-state index is 12.3. The number of carbonyl (C=O) groups is 1. The van der Waals surface area contributed by atoms with Crippen LogP contribution in [-0.2, 0) is 16.6 Å². The second kappa shape index (κ2) is 9.96. The Hall–Kier alpha value is -2.87. The summed E-state index contributed by atoms with van der Waals surface area (Å²) in [4.78, 5) is 12.3. The lowest BCUT2D eigenvalue weighted by Crippen LogP contribution is -2.29. The molecule has 0 spiro atoms. The number of amides is 1. The molecule has 0 saturated carbocycles. The van der Waals surface area contributed by atoms with Crippen LogP contribution in [0.15, 0.2) is 77.9 Å². The first-order valence-corrected chi connectivity index (χ1v) is 11.7. The smallest absolute Gasteiger partial charge is 0.267 e. The van der Waals surface area contributed by atoms with Crippen LogP contribution < -0.4 is 9.73 Å². The highest BCUT2D eigenvalue weighted by Gasteiger charge is 2.17. The summed E-state index contributed by atoms with van der Waals surface area (Å²) < 4.78 is 25.7. The van der Waals surface area contributed by atoms with Gasteiger partial charge in [0.05, 0.1) is 29.7 Å². The summed E-state index contributed by atoms with van der Waals surface area (Å²) in [6, 6.07) is 20.4. The highest BCUT2D eigenvalue weighted by atomic mass is 35.5. The summed E-state index contributed by atoms with van der Waals surface area (Å²) in [5.41, 5.74) is 4.74. The number of para-hydroxylation sites is 1. The highest BCUT2D eigenvalue weighted by Crippen LogP contribution is 2.21. The van der Waals surface area contributed by atoms with Crippen molar-refractivity contribution < 1.29 is 13.2 Å². The maximum atomic E-state index is 12.3. The van der Waals surface area contributed by atoms with Crippen molar-refractivity contribution in [3.05, 3.63) is 99.5 Å². The summed E-state index contributed by atoms with van der Waals surface area (Å²) >= 11 is 11.9. The zero-order chi connectivity index (χ0) is 22.4. The lowest BCUT2D eigenvalue weighted by atomic mass is 10.1.